The summed E-state index contributed by atoms with van der Waals surface area (Å²) >= 11 is 0. The van der Waals surface area contributed by atoms with Crippen LogP contribution in [0.3, 0.4) is 0 Å². The summed E-state index contributed by atoms with van der Waals surface area (Å²) in [5, 5.41) is 3.46. The summed E-state index contributed by atoms with van der Waals surface area (Å²) in [5.41, 5.74) is 1.63. The number of rotatable bonds is 4. The standard InChI is InChI=1S/C17H25N3O/c1-19(11-15-5-3-2-4-6-15)16(21)12-20-10-8-17(14-20)7-9-18-13-17/h2-6,18H,7-14H2,1H3. The van der Waals surface area contributed by atoms with E-state index < -0.39 is 0 Å². The molecule has 2 heterocycles. The molecular weight excluding hydrogens is 262 g/mol. The Morgan fingerprint density at radius 1 is 1.33 bits per heavy atom. The lowest BCUT2D eigenvalue weighted by atomic mass is 9.87. The number of carbonyl (C=O) groups is 1. The van der Waals surface area contributed by atoms with Gasteiger partial charge < -0.3 is 10.2 Å². The Hall–Kier alpha value is -1.39. The highest BCUT2D eigenvalue weighted by atomic mass is 16.2. The predicted molar refractivity (Wildman–Crippen MR) is 83.9 cm³/mol. The minimum atomic E-state index is 0.224. The van der Waals surface area contributed by atoms with Crippen molar-refractivity contribution in [3.05, 3.63) is 35.9 Å². The highest BCUT2D eigenvalue weighted by molar-refractivity contribution is 5.78. The first-order chi connectivity index (χ1) is 10.2. The lowest BCUT2D eigenvalue weighted by Crippen LogP contribution is -2.38. The number of hydrogen-bond acceptors (Lipinski definition) is 3. The number of hydrogen-bond donors (Lipinski definition) is 1. The monoisotopic (exact) mass is 287 g/mol. The minimum absolute atomic E-state index is 0.224. The number of carbonyl (C=O) groups excluding carboxylic acids is 1. The van der Waals surface area contributed by atoms with Crippen LogP contribution < -0.4 is 5.32 Å². The summed E-state index contributed by atoms with van der Waals surface area (Å²) in [6.45, 7) is 5.65. The molecule has 4 nitrogen and oxygen atoms in total. The normalized spacial score (nSPS) is 25.6. The topological polar surface area (TPSA) is 35.6 Å². The molecule has 1 aromatic rings. The Morgan fingerprint density at radius 3 is 2.86 bits per heavy atom. The molecule has 4 heteroatoms. The van der Waals surface area contributed by atoms with E-state index in [1.807, 2.05) is 30.1 Å². The van der Waals surface area contributed by atoms with Gasteiger partial charge in [-0.1, -0.05) is 30.3 Å². The van der Waals surface area contributed by atoms with Crippen LogP contribution in [0, 0.1) is 5.41 Å². The van der Waals surface area contributed by atoms with E-state index in [2.05, 4.69) is 22.3 Å². The largest absolute Gasteiger partial charge is 0.340 e. The van der Waals surface area contributed by atoms with E-state index in [-0.39, 0.29) is 5.91 Å². The number of likely N-dealkylation sites (tertiary alicyclic amines) is 1. The average molecular weight is 287 g/mol. The van der Waals surface area contributed by atoms with Crippen molar-refractivity contribution in [2.24, 2.45) is 5.41 Å². The maximum absolute atomic E-state index is 12.4. The van der Waals surface area contributed by atoms with Crippen LogP contribution in [0.25, 0.3) is 0 Å². The third kappa shape index (κ3) is 3.44. The Morgan fingerprint density at radius 2 is 2.14 bits per heavy atom. The summed E-state index contributed by atoms with van der Waals surface area (Å²) in [4.78, 5) is 16.5. The molecule has 1 spiro atoms. The highest BCUT2D eigenvalue weighted by Gasteiger charge is 2.40. The van der Waals surface area contributed by atoms with E-state index in [4.69, 9.17) is 0 Å². The molecule has 2 fully saturated rings. The number of amides is 1. The van der Waals surface area contributed by atoms with Crippen molar-refractivity contribution in [2.45, 2.75) is 19.4 Å². The Balaban J connectivity index is 1.50. The van der Waals surface area contributed by atoms with E-state index in [9.17, 15) is 4.79 Å². The number of nitrogens with zero attached hydrogens (tertiary/aromatic N) is 2. The molecule has 0 aromatic heterocycles. The van der Waals surface area contributed by atoms with Crippen molar-refractivity contribution < 1.29 is 4.79 Å². The molecule has 2 aliphatic rings. The first-order valence-electron chi connectivity index (χ1n) is 7.88. The lowest BCUT2D eigenvalue weighted by molar-refractivity contribution is -0.131. The molecule has 2 saturated heterocycles. The summed E-state index contributed by atoms with van der Waals surface area (Å²) in [7, 11) is 1.90. The van der Waals surface area contributed by atoms with Gasteiger partial charge >= 0.3 is 0 Å². The van der Waals surface area contributed by atoms with E-state index in [1.54, 1.807) is 0 Å². The zero-order valence-electron chi connectivity index (χ0n) is 12.8. The van der Waals surface area contributed by atoms with Crippen molar-refractivity contribution in [3.63, 3.8) is 0 Å². The SMILES string of the molecule is CN(Cc1ccccc1)C(=O)CN1CCC2(CCNC2)C1. The molecule has 1 amide bonds. The molecule has 1 atom stereocenters. The van der Waals surface area contributed by atoms with Crippen LogP contribution in [-0.4, -0.2) is 55.5 Å². The van der Waals surface area contributed by atoms with Crippen LogP contribution in [0.15, 0.2) is 30.3 Å². The maximum atomic E-state index is 12.4. The quantitative estimate of drug-likeness (QED) is 0.907. The third-order valence-corrected chi connectivity index (χ3v) is 4.90. The summed E-state index contributed by atoms with van der Waals surface area (Å²) in [6, 6.07) is 10.2. The van der Waals surface area contributed by atoms with Crippen LogP contribution in [0.1, 0.15) is 18.4 Å². The van der Waals surface area contributed by atoms with E-state index >= 15 is 0 Å². The lowest BCUT2D eigenvalue weighted by Gasteiger charge is -2.24. The average Bonchev–Trinajstić information content (AvgIpc) is 3.10. The molecular formula is C17H25N3O. The van der Waals surface area contributed by atoms with Crippen LogP contribution >= 0.6 is 0 Å². The molecule has 1 aromatic carbocycles. The molecule has 0 radical (unpaired) electrons. The fourth-order valence-electron chi connectivity index (χ4n) is 3.56. The van der Waals surface area contributed by atoms with Gasteiger partial charge in [0, 0.05) is 26.7 Å². The van der Waals surface area contributed by atoms with Gasteiger partial charge in [0.25, 0.3) is 0 Å². The van der Waals surface area contributed by atoms with Crippen LogP contribution in [0.2, 0.25) is 0 Å². The minimum Gasteiger partial charge on any atom is -0.340 e. The van der Waals surface area contributed by atoms with Gasteiger partial charge in [-0.3, -0.25) is 9.69 Å². The van der Waals surface area contributed by atoms with E-state index in [0.29, 0.717) is 18.5 Å². The Bertz CT molecular complexity index is 482. The Labute approximate surface area is 127 Å². The van der Waals surface area contributed by atoms with Crippen molar-refractivity contribution in [1.29, 1.82) is 0 Å². The Kier molecular flexibility index (Phi) is 4.27. The first-order valence-corrected chi connectivity index (χ1v) is 7.88. The summed E-state index contributed by atoms with van der Waals surface area (Å²) < 4.78 is 0. The van der Waals surface area contributed by atoms with Gasteiger partial charge in [0.1, 0.15) is 0 Å². The molecule has 114 valence electrons. The predicted octanol–water partition coefficient (Wildman–Crippen LogP) is 1.33. The second kappa shape index (κ2) is 6.16. The zero-order chi connectivity index (χ0) is 14.7. The van der Waals surface area contributed by atoms with Gasteiger partial charge in [-0.05, 0) is 36.9 Å². The van der Waals surface area contributed by atoms with Gasteiger partial charge in [0.15, 0.2) is 0 Å². The highest BCUT2D eigenvalue weighted by Crippen LogP contribution is 2.35. The van der Waals surface area contributed by atoms with Crippen molar-refractivity contribution >= 4 is 5.91 Å². The molecule has 1 unspecified atom stereocenters. The van der Waals surface area contributed by atoms with Gasteiger partial charge in [-0.25, -0.2) is 0 Å². The van der Waals surface area contributed by atoms with Gasteiger partial charge in [0.05, 0.1) is 6.54 Å². The molecule has 1 N–H and O–H groups in total. The fourth-order valence-corrected chi connectivity index (χ4v) is 3.56. The molecule has 0 bridgehead atoms. The maximum Gasteiger partial charge on any atom is 0.236 e. The van der Waals surface area contributed by atoms with E-state index in [0.717, 1.165) is 26.2 Å². The number of benzene rings is 1. The van der Waals surface area contributed by atoms with Crippen molar-refractivity contribution in [3.8, 4) is 0 Å². The van der Waals surface area contributed by atoms with Crippen LogP contribution in [0.5, 0.6) is 0 Å². The third-order valence-electron chi connectivity index (χ3n) is 4.90. The first kappa shape index (κ1) is 14.5. The second-order valence-electron chi connectivity index (χ2n) is 6.62. The molecule has 21 heavy (non-hydrogen) atoms. The number of nitrogens with one attached hydrogen (secondary N) is 1. The van der Waals surface area contributed by atoms with E-state index in [1.165, 1.54) is 18.4 Å². The summed E-state index contributed by atoms with van der Waals surface area (Å²) in [6.07, 6.45) is 2.49. The van der Waals surface area contributed by atoms with Crippen molar-refractivity contribution in [1.82, 2.24) is 15.1 Å². The molecule has 2 aliphatic heterocycles. The molecule has 0 saturated carbocycles. The fraction of sp³-hybridized carbons (Fsp3) is 0.588. The zero-order valence-corrected chi connectivity index (χ0v) is 12.8. The number of likely N-dealkylation sites (N-methyl/N-ethyl adjacent to an activating group) is 1. The second-order valence-corrected chi connectivity index (χ2v) is 6.62. The van der Waals surface area contributed by atoms with Gasteiger partial charge in [0.2, 0.25) is 5.91 Å². The van der Waals surface area contributed by atoms with Crippen LogP contribution in [0.4, 0.5) is 0 Å². The molecule has 0 aliphatic carbocycles. The smallest absolute Gasteiger partial charge is 0.236 e. The molecule has 3 rings (SSSR count). The summed E-state index contributed by atoms with van der Waals surface area (Å²) in [5.74, 6) is 0.224. The van der Waals surface area contributed by atoms with Gasteiger partial charge in [-0.15, -0.1) is 0 Å². The van der Waals surface area contributed by atoms with Gasteiger partial charge in [-0.2, -0.15) is 0 Å². The van der Waals surface area contributed by atoms with Crippen molar-refractivity contribution in [2.75, 3.05) is 39.8 Å². The van der Waals surface area contributed by atoms with Crippen LogP contribution in [-0.2, 0) is 11.3 Å².